The van der Waals surface area contributed by atoms with Crippen molar-refractivity contribution >= 4 is 5.91 Å². The third kappa shape index (κ3) is 3.06. The maximum Gasteiger partial charge on any atom is 0.227 e. The first kappa shape index (κ1) is 14.3. The minimum absolute atomic E-state index is 0.0199. The number of amides is 1. The van der Waals surface area contributed by atoms with Gasteiger partial charge in [0, 0.05) is 31.7 Å². The van der Waals surface area contributed by atoms with E-state index in [1.165, 1.54) is 13.2 Å². The highest BCUT2D eigenvalue weighted by Gasteiger charge is 2.19. The van der Waals surface area contributed by atoms with Gasteiger partial charge in [0.05, 0.1) is 19.1 Å². The molecule has 1 fully saturated rings. The van der Waals surface area contributed by atoms with Crippen LogP contribution in [0.15, 0.2) is 12.1 Å². The molecule has 1 aliphatic heterocycles. The molecule has 6 heteroatoms. The van der Waals surface area contributed by atoms with Crippen LogP contribution in [0.2, 0.25) is 0 Å². The van der Waals surface area contributed by atoms with Crippen LogP contribution >= 0.6 is 0 Å². The summed E-state index contributed by atoms with van der Waals surface area (Å²) in [6, 6.07) is 4.40. The van der Waals surface area contributed by atoms with Crippen LogP contribution in [-0.2, 0) is 11.2 Å². The average Bonchev–Trinajstić information content (AvgIpc) is 2.49. The highest BCUT2D eigenvalue weighted by Crippen LogP contribution is 2.23. The number of carbonyl (C=O) groups excluding carboxylic acids is 1. The van der Waals surface area contributed by atoms with Gasteiger partial charge in [-0.25, -0.2) is 4.39 Å². The van der Waals surface area contributed by atoms with Crippen molar-refractivity contribution in [3.05, 3.63) is 29.1 Å². The van der Waals surface area contributed by atoms with E-state index in [2.05, 4.69) is 5.32 Å². The summed E-state index contributed by atoms with van der Waals surface area (Å²) >= 11 is 0. The molecule has 5 nitrogen and oxygen atoms in total. The van der Waals surface area contributed by atoms with Crippen LogP contribution in [0.25, 0.3) is 0 Å². The van der Waals surface area contributed by atoms with Crippen LogP contribution in [-0.4, -0.2) is 44.1 Å². The van der Waals surface area contributed by atoms with Crippen molar-refractivity contribution in [2.24, 2.45) is 0 Å². The van der Waals surface area contributed by atoms with Crippen molar-refractivity contribution in [3.8, 4) is 11.8 Å². The summed E-state index contributed by atoms with van der Waals surface area (Å²) in [6.45, 7) is 2.78. The number of piperazine rings is 1. The normalized spacial score (nSPS) is 14.8. The van der Waals surface area contributed by atoms with Gasteiger partial charge in [0.15, 0.2) is 0 Å². The summed E-state index contributed by atoms with van der Waals surface area (Å²) < 4.78 is 18.9. The fourth-order valence-electron chi connectivity index (χ4n) is 2.18. The first-order valence-electron chi connectivity index (χ1n) is 6.40. The van der Waals surface area contributed by atoms with Gasteiger partial charge in [0.2, 0.25) is 5.91 Å². The van der Waals surface area contributed by atoms with E-state index in [9.17, 15) is 9.18 Å². The Morgan fingerprint density at radius 3 is 2.80 bits per heavy atom. The van der Waals surface area contributed by atoms with Gasteiger partial charge in [-0.05, 0) is 12.1 Å². The van der Waals surface area contributed by atoms with E-state index in [4.69, 9.17) is 10.00 Å². The van der Waals surface area contributed by atoms with Crippen molar-refractivity contribution < 1.29 is 13.9 Å². The Balaban J connectivity index is 2.16. The van der Waals surface area contributed by atoms with E-state index < -0.39 is 5.82 Å². The standard InChI is InChI=1S/C14H16FN3O2/c1-20-13-7-10(12(15)6-11(13)9-16)8-14(19)18-4-2-17-3-5-18/h6-7,17H,2-5,8H2,1H3. The van der Waals surface area contributed by atoms with E-state index in [0.717, 1.165) is 19.2 Å². The Hall–Kier alpha value is -2.13. The average molecular weight is 277 g/mol. The number of methoxy groups -OCH3 is 1. The first-order chi connectivity index (χ1) is 9.65. The lowest BCUT2D eigenvalue weighted by molar-refractivity contribution is -0.131. The molecular formula is C14H16FN3O2. The zero-order valence-corrected chi connectivity index (χ0v) is 11.3. The SMILES string of the molecule is COc1cc(CC(=O)N2CCNCC2)c(F)cc1C#N. The predicted molar refractivity (Wildman–Crippen MR) is 70.8 cm³/mol. The number of hydrogen-bond donors (Lipinski definition) is 1. The molecule has 1 saturated heterocycles. The Morgan fingerprint density at radius 2 is 2.20 bits per heavy atom. The Morgan fingerprint density at radius 1 is 1.50 bits per heavy atom. The lowest BCUT2D eigenvalue weighted by atomic mass is 10.1. The van der Waals surface area contributed by atoms with Gasteiger partial charge in [-0.2, -0.15) is 5.26 Å². The molecule has 0 aliphatic carbocycles. The van der Waals surface area contributed by atoms with Gasteiger partial charge in [-0.3, -0.25) is 4.79 Å². The minimum Gasteiger partial charge on any atom is -0.495 e. The van der Waals surface area contributed by atoms with Gasteiger partial charge >= 0.3 is 0 Å². The van der Waals surface area contributed by atoms with E-state index in [1.807, 2.05) is 6.07 Å². The van der Waals surface area contributed by atoms with E-state index in [0.29, 0.717) is 13.1 Å². The lowest BCUT2D eigenvalue weighted by Crippen LogP contribution is -2.47. The van der Waals surface area contributed by atoms with E-state index >= 15 is 0 Å². The van der Waals surface area contributed by atoms with Gasteiger partial charge in [-0.1, -0.05) is 0 Å². The van der Waals surface area contributed by atoms with Crippen molar-refractivity contribution in [3.63, 3.8) is 0 Å². The molecule has 0 unspecified atom stereocenters. The number of benzene rings is 1. The molecule has 0 aromatic heterocycles. The molecule has 0 saturated carbocycles. The summed E-state index contributed by atoms with van der Waals surface area (Å²) in [5, 5.41) is 12.0. The number of rotatable bonds is 3. The summed E-state index contributed by atoms with van der Waals surface area (Å²) in [7, 11) is 1.41. The third-order valence-electron chi connectivity index (χ3n) is 3.30. The predicted octanol–water partition coefficient (Wildman–Crippen LogP) is 0.680. The molecule has 0 spiro atoms. The number of halogens is 1. The van der Waals surface area contributed by atoms with Crippen molar-refractivity contribution in [2.75, 3.05) is 33.3 Å². The Bertz CT molecular complexity index is 548. The number of nitrogens with zero attached hydrogens (tertiary/aromatic N) is 2. The topological polar surface area (TPSA) is 65.4 Å². The van der Waals surface area contributed by atoms with Crippen LogP contribution in [0.1, 0.15) is 11.1 Å². The summed E-state index contributed by atoms with van der Waals surface area (Å²) in [4.78, 5) is 13.8. The maximum atomic E-state index is 13.9. The lowest BCUT2D eigenvalue weighted by Gasteiger charge is -2.27. The van der Waals surface area contributed by atoms with E-state index in [1.54, 1.807) is 4.90 Å². The molecule has 1 aliphatic rings. The molecule has 0 bridgehead atoms. The molecule has 1 N–H and O–H groups in total. The molecule has 106 valence electrons. The fraction of sp³-hybridized carbons (Fsp3) is 0.429. The molecular weight excluding hydrogens is 261 g/mol. The quantitative estimate of drug-likeness (QED) is 0.882. The number of hydrogen-bond acceptors (Lipinski definition) is 4. The summed E-state index contributed by atoms with van der Waals surface area (Å²) in [5.41, 5.74) is 0.382. The molecule has 1 aromatic rings. The second-order valence-corrected chi connectivity index (χ2v) is 4.56. The number of nitriles is 1. The zero-order valence-electron chi connectivity index (χ0n) is 11.3. The van der Waals surface area contributed by atoms with E-state index in [-0.39, 0.29) is 29.2 Å². The fourth-order valence-corrected chi connectivity index (χ4v) is 2.18. The molecule has 1 aromatic carbocycles. The highest BCUT2D eigenvalue weighted by atomic mass is 19.1. The molecule has 1 heterocycles. The van der Waals surface area contributed by atoms with Gasteiger partial charge in [-0.15, -0.1) is 0 Å². The monoisotopic (exact) mass is 277 g/mol. The summed E-state index contributed by atoms with van der Waals surface area (Å²) in [6.07, 6.45) is -0.0199. The van der Waals surface area contributed by atoms with Gasteiger partial charge < -0.3 is 15.0 Å². The van der Waals surface area contributed by atoms with Crippen LogP contribution in [0.5, 0.6) is 5.75 Å². The number of nitrogens with one attached hydrogen (secondary N) is 1. The third-order valence-corrected chi connectivity index (χ3v) is 3.30. The largest absolute Gasteiger partial charge is 0.495 e. The number of ether oxygens (including phenoxy) is 1. The zero-order chi connectivity index (χ0) is 14.5. The summed E-state index contributed by atoms with van der Waals surface area (Å²) in [5.74, 6) is -0.375. The minimum atomic E-state index is -0.550. The smallest absolute Gasteiger partial charge is 0.227 e. The molecule has 1 amide bonds. The van der Waals surface area contributed by atoms with Crippen molar-refractivity contribution in [1.82, 2.24) is 10.2 Å². The van der Waals surface area contributed by atoms with Gasteiger partial charge in [0.25, 0.3) is 0 Å². The molecule has 20 heavy (non-hydrogen) atoms. The molecule has 0 atom stereocenters. The maximum absolute atomic E-state index is 13.9. The van der Waals surface area contributed by atoms with Crippen LogP contribution in [0.4, 0.5) is 4.39 Å². The van der Waals surface area contributed by atoms with Crippen LogP contribution < -0.4 is 10.1 Å². The van der Waals surface area contributed by atoms with Crippen LogP contribution in [0, 0.1) is 17.1 Å². The van der Waals surface area contributed by atoms with Crippen LogP contribution in [0.3, 0.4) is 0 Å². The van der Waals surface area contributed by atoms with Gasteiger partial charge in [0.1, 0.15) is 17.6 Å². The highest BCUT2D eigenvalue weighted by molar-refractivity contribution is 5.79. The second kappa shape index (κ2) is 6.35. The molecule has 0 radical (unpaired) electrons. The van der Waals surface area contributed by atoms with Crippen molar-refractivity contribution in [1.29, 1.82) is 5.26 Å². The Labute approximate surface area is 116 Å². The first-order valence-corrected chi connectivity index (χ1v) is 6.40. The molecule has 2 rings (SSSR count). The Kier molecular flexibility index (Phi) is 4.53. The number of carbonyl (C=O) groups is 1. The van der Waals surface area contributed by atoms with Crippen molar-refractivity contribution in [2.45, 2.75) is 6.42 Å². The second-order valence-electron chi connectivity index (χ2n) is 4.56.